The number of amides is 2. The van der Waals surface area contributed by atoms with Gasteiger partial charge < -0.3 is 14.8 Å². The summed E-state index contributed by atoms with van der Waals surface area (Å²) in [7, 11) is 0. The number of benzene rings is 4. The predicted octanol–water partition coefficient (Wildman–Crippen LogP) is 6.57. The summed E-state index contributed by atoms with van der Waals surface area (Å²) in [6.45, 7) is 0.431. The molecule has 0 atom stereocenters. The second-order valence-corrected chi connectivity index (χ2v) is 9.27. The molecule has 1 aliphatic rings. The lowest BCUT2D eigenvalue weighted by Crippen LogP contribution is -2.32. The molecule has 4 aromatic rings. The van der Waals surface area contributed by atoms with Crippen molar-refractivity contribution in [1.82, 2.24) is 0 Å². The number of imide groups is 1. The minimum atomic E-state index is -0.664. The Morgan fingerprint density at radius 3 is 2.15 bits per heavy atom. The van der Waals surface area contributed by atoms with E-state index < -0.39 is 17.8 Å². The molecule has 0 saturated carbocycles. The third kappa shape index (κ3) is 5.95. The quantitative estimate of drug-likeness (QED) is 0.149. The molecule has 0 unspecified atom stereocenters. The number of anilines is 2. The molecule has 5 rings (SSSR count). The summed E-state index contributed by atoms with van der Waals surface area (Å²) < 4.78 is 11.2. The second-order valence-electron chi connectivity index (χ2n) is 8.45. The highest BCUT2D eigenvalue weighted by Crippen LogP contribution is 2.31. The third-order valence-corrected chi connectivity index (χ3v) is 6.35. The van der Waals surface area contributed by atoms with E-state index in [4.69, 9.17) is 32.7 Å². The summed E-state index contributed by atoms with van der Waals surface area (Å²) in [5.74, 6) is -0.829. The van der Waals surface area contributed by atoms with Crippen molar-refractivity contribution < 1.29 is 23.9 Å². The fourth-order valence-electron chi connectivity index (χ4n) is 3.81. The number of nitrogens with one attached hydrogen (secondary N) is 1. The average Bonchev–Trinajstić information content (AvgIpc) is 3.16. The Morgan fingerprint density at radius 2 is 1.46 bits per heavy atom. The van der Waals surface area contributed by atoms with Crippen molar-refractivity contribution in [2.24, 2.45) is 0 Å². The van der Waals surface area contributed by atoms with Crippen LogP contribution in [0.2, 0.25) is 5.02 Å². The molecule has 0 spiro atoms. The normalized spacial score (nSPS) is 13.0. The van der Waals surface area contributed by atoms with E-state index in [0.29, 0.717) is 40.1 Å². The Balaban J connectivity index is 1.19. The molecular formula is C30H20Cl2N2O5. The zero-order chi connectivity index (χ0) is 27.4. The molecule has 0 radical (unpaired) electrons. The number of hydrogen-bond acceptors (Lipinski definition) is 6. The van der Waals surface area contributed by atoms with Gasteiger partial charge in [0, 0.05) is 10.7 Å². The minimum absolute atomic E-state index is 0.0773. The van der Waals surface area contributed by atoms with E-state index in [9.17, 15) is 14.4 Å². The Labute approximate surface area is 234 Å². The zero-order valence-electron chi connectivity index (χ0n) is 20.3. The summed E-state index contributed by atoms with van der Waals surface area (Å²) in [6.07, 6.45) is 0. The van der Waals surface area contributed by atoms with Crippen LogP contribution in [0.25, 0.3) is 0 Å². The van der Waals surface area contributed by atoms with Gasteiger partial charge in [0.05, 0.1) is 11.3 Å². The van der Waals surface area contributed by atoms with Gasteiger partial charge in [-0.1, -0.05) is 59.6 Å². The standard InChI is InChI=1S/C30H20Cl2N2O5/c31-21-7-4-8-23(17-21)34-28(35)26(32)27(29(34)36)33-22-11-9-20(10-12-22)30(37)39-25-15-13-24(14-16-25)38-18-19-5-2-1-3-6-19/h1-17,33H,18H2. The average molecular weight is 559 g/mol. The van der Waals surface area contributed by atoms with Crippen LogP contribution >= 0.6 is 23.2 Å². The number of hydrogen-bond donors (Lipinski definition) is 1. The van der Waals surface area contributed by atoms with Crippen molar-refractivity contribution in [3.63, 3.8) is 0 Å². The van der Waals surface area contributed by atoms with Crippen molar-refractivity contribution in [2.45, 2.75) is 6.61 Å². The molecule has 1 heterocycles. The van der Waals surface area contributed by atoms with E-state index in [1.165, 1.54) is 18.2 Å². The van der Waals surface area contributed by atoms with Crippen LogP contribution in [0.3, 0.4) is 0 Å². The summed E-state index contributed by atoms with van der Waals surface area (Å²) in [5, 5.41) is 2.99. The van der Waals surface area contributed by atoms with Crippen LogP contribution in [0.4, 0.5) is 11.4 Å². The predicted molar refractivity (Wildman–Crippen MR) is 149 cm³/mol. The van der Waals surface area contributed by atoms with Crippen LogP contribution in [0.1, 0.15) is 15.9 Å². The van der Waals surface area contributed by atoms with E-state index in [0.717, 1.165) is 10.5 Å². The van der Waals surface area contributed by atoms with E-state index >= 15 is 0 Å². The maximum absolute atomic E-state index is 12.9. The van der Waals surface area contributed by atoms with Crippen molar-refractivity contribution >= 4 is 52.4 Å². The molecule has 0 bridgehead atoms. The molecule has 0 aliphatic carbocycles. The Kier molecular flexibility index (Phi) is 7.63. The van der Waals surface area contributed by atoms with Gasteiger partial charge in [0.2, 0.25) is 0 Å². The summed E-state index contributed by atoms with van der Waals surface area (Å²) in [4.78, 5) is 39.1. The van der Waals surface area contributed by atoms with Gasteiger partial charge >= 0.3 is 5.97 Å². The molecule has 2 amide bonds. The van der Waals surface area contributed by atoms with Crippen LogP contribution < -0.4 is 19.7 Å². The van der Waals surface area contributed by atoms with Crippen molar-refractivity contribution in [1.29, 1.82) is 0 Å². The SMILES string of the molecule is O=C(Oc1ccc(OCc2ccccc2)cc1)c1ccc(NC2=C(Cl)C(=O)N(c3cccc(Cl)c3)C2=O)cc1. The zero-order valence-corrected chi connectivity index (χ0v) is 21.8. The lowest BCUT2D eigenvalue weighted by Gasteiger charge is -2.15. The maximum Gasteiger partial charge on any atom is 0.343 e. The summed E-state index contributed by atoms with van der Waals surface area (Å²) in [6, 6.07) is 29.1. The van der Waals surface area contributed by atoms with E-state index in [2.05, 4.69) is 5.32 Å². The van der Waals surface area contributed by atoms with Crippen LogP contribution in [0.15, 0.2) is 114 Å². The number of carbonyl (C=O) groups excluding carboxylic acids is 3. The maximum atomic E-state index is 12.9. The van der Waals surface area contributed by atoms with Crippen molar-refractivity contribution in [3.8, 4) is 11.5 Å². The second kappa shape index (κ2) is 11.4. The largest absolute Gasteiger partial charge is 0.489 e. The number of carbonyl (C=O) groups is 3. The first-order valence-corrected chi connectivity index (χ1v) is 12.5. The molecule has 4 aromatic carbocycles. The lowest BCUT2D eigenvalue weighted by molar-refractivity contribution is -0.120. The number of halogens is 2. The number of esters is 1. The molecule has 1 aliphatic heterocycles. The van der Waals surface area contributed by atoms with Gasteiger partial charge in [-0.15, -0.1) is 0 Å². The van der Waals surface area contributed by atoms with Crippen LogP contribution in [-0.4, -0.2) is 17.8 Å². The molecule has 0 fully saturated rings. The molecule has 7 nitrogen and oxygen atoms in total. The first-order valence-electron chi connectivity index (χ1n) is 11.8. The molecule has 0 saturated heterocycles. The lowest BCUT2D eigenvalue weighted by atomic mass is 10.2. The first-order chi connectivity index (χ1) is 18.9. The van der Waals surface area contributed by atoms with Gasteiger partial charge in [-0.2, -0.15) is 0 Å². The highest BCUT2D eigenvalue weighted by atomic mass is 35.5. The Bertz CT molecular complexity index is 1570. The number of rotatable bonds is 8. The van der Waals surface area contributed by atoms with Gasteiger partial charge in [-0.3, -0.25) is 9.59 Å². The number of nitrogens with zero attached hydrogens (tertiary/aromatic N) is 1. The fourth-order valence-corrected chi connectivity index (χ4v) is 4.20. The fraction of sp³-hybridized carbons (Fsp3) is 0.0333. The van der Waals surface area contributed by atoms with E-state index in [1.807, 2.05) is 30.3 Å². The molecule has 194 valence electrons. The Hall–Kier alpha value is -4.59. The Morgan fingerprint density at radius 1 is 0.769 bits per heavy atom. The van der Waals surface area contributed by atoms with Crippen LogP contribution in [0, 0.1) is 0 Å². The molecule has 39 heavy (non-hydrogen) atoms. The van der Waals surface area contributed by atoms with Crippen LogP contribution in [0.5, 0.6) is 11.5 Å². The highest BCUT2D eigenvalue weighted by Gasteiger charge is 2.39. The first kappa shape index (κ1) is 26.0. The van der Waals surface area contributed by atoms with Gasteiger partial charge in [0.1, 0.15) is 28.8 Å². The monoisotopic (exact) mass is 558 g/mol. The van der Waals surface area contributed by atoms with Gasteiger partial charge in [-0.25, -0.2) is 9.69 Å². The summed E-state index contributed by atoms with van der Waals surface area (Å²) in [5.41, 5.74) is 2.02. The smallest absolute Gasteiger partial charge is 0.343 e. The topological polar surface area (TPSA) is 84.9 Å². The molecule has 1 N–H and O–H groups in total. The van der Waals surface area contributed by atoms with Gasteiger partial charge in [-0.05, 0) is 72.3 Å². The van der Waals surface area contributed by atoms with E-state index in [-0.39, 0.29) is 10.7 Å². The van der Waals surface area contributed by atoms with Gasteiger partial charge in [0.15, 0.2) is 0 Å². The molecule has 0 aromatic heterocycles. The minimum Gasteiger partial charge on any atom is -0.489 e. The van der Waals surface area contributed by atoms with Crippen LogP contribution in [-0.2, 0) is 16.2 Å². The number of ether oxygens (including phenoxy) is 2. The van der Waals surface area contributed by atoms with Gasteiger partial charge in [0.25, 0.3) is 11.8 Å². The molecule has 9 heteroatoms. The summed E-state index contributed by atoms with van der Waals surface area (Å²) >= 11 is 12.2. The van der Waals surface area contributed by atoms with Crippen molar-refractivity contribution in [2.75, 3.05) is 10.2 Å². The van der Waals surface area contributed by atoms with E-state index in [1.54, 1.807) is 54.6 Å². The van der Waals surface area contributed by atoms with Crippen molar-refractivity contribution in [3.05, 3.63) is 130 Å². The molecular weight excluding hydrogens is 539 g/mol. The third-order valence-electron chi connectivity index (χ3n) is 5.77. The highest BCUT2D eigenvalue weighted by molar-refractivity contribution is 6.53.